The molecule has 2 aliphatic heterocycles. The molecule has 2 aromatic rings. The topological polar surface area (TPSA) is 79.4 Å². The van der Waals surface area contributed by atoms with E-state index in [1.54, 1.807) is 17.3 Å². The van der Waals surface area contributed by atoms with Gasteiger partial charge in [0, 0.05) is 32.1 Å². The molecule has 4 rings (SSSR count). The summed E-state index contributed by atoms with van der Waals surface area (Å²) in [7, 11) is 1.83. The van der Waals surface area contributed by atoms with Crippen molar-refractivity contribution >= 4 is 11.7 Å². The second-order valence-corrected chi connectivity index (χ2v) is 7.14. The number of fused-ring (bicyclic) bond motifs is 1. The number of carbonyl (C=O) groups is 1. The maximum atomic E-state index is 12.5. The number of anilines is 1. The zero-order chi connectivity index (χ0) is 18.6. The van der Waals surface area contributed by atoms with E-state index in [2.05, 4.69) is 38.8 Å². The standard InChI is InChI=1S/C20H25N5O2/c1-25(16-6-7-21-9-16)20(26)18-10-24-19(11-22-18)23-8-15-13-27-12-14-4-2-3-5-17(14)15/h2-5,10-11,15-16,21H,6-9,12-13H2,1H3,(H,23,24). The summed E-state index contributed by atoms with van der Waals surface area (Å²) in [5.41, 5.74) is 2.94. The van der Waals surface area contributed by atoms with Crippen LogP contribution in [-0.2, 0) is 11.3 Å². The Hall–Kier alpha value is -2.51. The van der Waals surface area contributed by atoms with E-state index < -0.39 is 0 Å². The monoisotopic (exact) mass is 367 g/mol. The van der Waals surface area contributed by atoms with Crippen LogP contribution in [0.25, 0.3) is 0 Å². The Morgan fingerprint density at radius 3 is 3.00 bits per heavy atom. The number of likely N-dealkylation sites (N-methyl/N-ethyl adjacent to an activating group) is 1. The highest BCUT2D eigenvalue weighted by Crippen LogP contribution is 2.26. The maximum Gasteiger partial charge on any atom is 0.274 e. The van der Waals surface area contributed by atoms with E-state index in [0.717, 1.165) is 19.5 Å². The molecule has 1 amide bonds. The van der Waals surface area contributed by atoms with Crippen molar-refractivity contribution in [3.63, 3.8) is 0 Å². The van der Waals surface area contributed by atoms with Crippen molar-refractivity contribution in [2.24, 2.45) is 0 Å². The zero-order valence-corrected chi connectivity index (χ0v) is 15.5. The predicted octanol–water partition coefficient (Wildman–Crippen LogP) is 1.64. The van der Waals surface area contributed by atoms with Crippen molar-refractivity contribution in [2.45, 2.75) is 25.0 Å². The molecule has 1 saturated heterocycles. The highest BCUT2D eigenvalue weighted by molar-refractivity contribution is 5.92. The first-order valence-electron chi connectivity index (χ1n) is 9.41. The molecule has 1 aromatic carbocycles. The average Bonchev–Trinajstić information content (AvgIpc) is 3.26. The first-order chi connectivity index (χ1) is 13.2. The van der Waals surface area contributed by atoms with Crippen LogP contribution in [0.5, 0.6) is 0 Å². The third-order valence-electron chi connectivity index (χ3n) is 5.37. The Labute approximate surface area is 159 Å². The van der Waals surface area contributed by atoms with E-state index in [9.17, 15) is 4.79 Å². The van der Waals surface area contributed by atoms with Gasteiger partial charge >= 0.3 is 0 Å². The SMILES string of the molecule is CN(C(=O)c1cnc(NCC2COCc3ccccc32)cn1)C1CCNC1. The van der Waals surface area contributed by atoms with Crippen LogP contribution in [0.15, 0.2) is 36.7 Å². The van der Waals surface area contributed by atoms with Crippen molar-refractivity contribution in [3.8, 4) is 0 Å². The highest BCUT2D eigenvalue weighted by Gasteiger charge is 2.25. The van der Waals surface area contributed by atoms with Gasteiger partial charge in [0.2, 0.25) is 0 Å². The number of aromatic nitrogens is 2. The van der Waals surface area contributed by atoms with Gasteiger partial charge in [0.05, 0.1) is 25.6 Å². The molecule has 2 unspecified atom stereocenters. The van der Waals surface area contributed by atoms with E-state index in [1.807, 2.05) is 13.1 Å². The van der Waals surface area contributed by atoms with Crippen LogP contribution in [0.4, 0.5) is 5.82 Å². The molecule has 2 atom stereocenters. The van der Waals surface area contributed by atoms with E-state index in [-0.39, 0.29) is 17.9 Å². The van der Waals surface area contributed by atoms with E-state index in [4.69, 9.17) is 4.74 Å². The number of hydrogen-bond acceptors (Lipinski definition) is 6. The molecule has 2 N–H and O–H groups in total. The summed E-state index contributed by atoms with van der Waals surface area (Å²) in [4.78, 5) is 23.0. The molecule has 142 valence electrons. The molecule has 0 bridgehead atoms. The molecule has 2 aliphatic rings. The van der Waals surface area contributed by atoms with Crippen LogP contribution >= 0.6 is 0 Å². The third-order valence-corrected chi connectivity index (χ3v) is 5.37. The van der Waals surface area contributed by atoms with Gasteiger partial charge in [-0.2, -0.15) is 0 Å². The molecule has 0 radical (unpaired) electrons. The lowest BCUT2D eigenvalue weighted by molar-refractivity contribution is 0.0737. The minimum absolute atomic E-state index is 0.0858. The van der Waals surface area contributed by atoms with Crippen molar-refractivity contribution in [1.82, 2.24) is 20.2 Å². The van der Waals surface area contributed by atoms with Crippen LogP contribution in [-0.4, -0.2) is 60.1 Å². The summed E-state index contributed by atoms with van der Waals surface area (Å²) >= 11 is 0. The smallest absolute Gasteiger partial charge is 0.274 e. The molecular formula is C20H25N5O2. The van der Waals surface area contributed by atoms with Gasteiger partial charge in [-0.3, -0.25) is 4.79 Å². The molecule has 3 heterocycles. The molecule has 0 spiro atoms. The van der Waals surface area contributed by atoms with E-state index >= 15 is 0 Å². The average molecular weight is 367 g/mol. The lowest BCUT2D eigenvalue weighted by Gasteiger charge is -2.26. The maximum absolute atomic E-state index is 12.5. The fraction of sp³-hybridized carbons (Fsp3) is 0.450. The Balaban J connectivity index is 1.36. The van der Waals surface area contributed by atoms with Crippen LogP contribution < -0.4 is 10.6 Å². The minimum Gasteiger partial charge on any atom is -0.376 e. The predicted molar refractivity (Wildman–Crippen MR) is 103 cm³/mol. The normalized spacial score (nSPS) is 21.5. The zero-order valence-electron chi connectivity index (χ0n) is 15.5. The molecular weight excluding hydrogens is 342 g/mol. The number of nitrogens with one attached hydrogen (secondary N) is 2. The van der Waals surface area contributed by atoms with E-state index in [0.29, 0.717) is 31.3 Å². The molecule has 0 saturated carbocycles. The van der Waals surface area contributed by atoms with Gasteiger partial charge in [-0.05, 0) is 24.1 Å². The fourth-order valence-electron chi connectivity index (χ4n) is 3.71. The molecule has 7 heteroatoms. The lowest BCUT2D eigenvalue weighted by Crippen LogP contribution is -2.38. The first-order valence-corrected chi connectivity index (χ1v) is 9.41. The summed E-state index contributed by atoms with van der Waals surface area (Å²) in [6.45, 7) is 3.86. The number of ether oxygens (including phenoxy) is 1. The van der Waals surface area contributed by atoms with Gasteiger partial charge in [0.25, 0.3) is 5.91 Å². The van der Waals surface area contributed by atoms with Crippen LogP contribution in [0.3, 0.4) is 0 Å². The molecule has 7 nitrogen and oxygen atoms in total. The molecule has 27 heavy (non-hydrogen) atoms. The van der Waals surface area contributed by atoms with E-state index in [1.165, 1.54) is 11.1 Å². The van der Waals surface area contributed by atoms with Crippen LogP contribution in [0.2, 0.25) is 0 Å². The number of amides is 1. The summed E-state index contributed by atoms with van der Waals surface area (Å²) in [6, 6.07) is 8.60. The summed E-state index contributed by atoms with van der Waals surface area (Å²) in [5, 5.41) is 6.59. The molecule has 1 fully saturated rings. The van der Waals surface area contributed by atoms with Crippen LogP contribution in [0.1, 0.15) is 34.0 Å². The van der Waals surface area contributed by atoms with Gasteiger partial charge < -0.3 is 20.3 Å². The van der Waals surface area contributed by atoms with Gasteiger partial charge in [0.1, 0.15) is 11.5 Å². The molecule has 0 aliphatic carbocycles. The fourth-order valence-corrected chi connectivity index (χ4v) is 3.71. The van der Waals surface area contributed by atoms with Crippen molar-refractivity contribution in [3.05, 3.63) is 53.5 Å². The number of carbonyl (C=O) groups excluding carboxylic acids is 1. The van der Waals surface area contributed by atoms with Gasteiger partial charge in [-0.1, -0.05) is 24.3 Å². The summed E-state index contributed by atoms with van der Waals surface area (Å²) < 4.78 is 5.69. The largest absolute Gasteiger partial charge is 0.376 e. The highest BCUT2D eigenvalue weighted by atomic mass is 16.5. The second-order valence-electron chi connectivity index (χ2n) is 7.14. The summed E-state index contributed by atoms with van der Waals surface area (Å²) in [6.07, 6.45) is 4.15. The number of hydrogen-bond donors (Lipinski definition) is 2. The van der Waals surface area contributed by atoms with Gasteiger partial charge in [-0.15, -0.1) is 0 Å². The summed E-state index contributed by atoms with van der Waals surface area (Å²) in [5.74, 6) is 0.858. The van der Waals surface area contributed by atoms with Crippen molar-refractivity contribution in [2.75, 3.05) is 38.6 Å². The minimum atomic E-state index is -0.0858. The molecule has 1 aromatic heterocycles. The Morgan fingerprint density at radius 2 is 2.22 bits per heavy atom. The van der Waals surface area contributed by atoms with Crippen LogP contribution in [0, 0.1) is 0 Å². The first kappa shape index (κ1) is 17.9. The number of nitrogens with zero attached hydrogens (tertiary/aromatic N) is 3. The Bertz CT molecular complexity index is 789. The number of rotatable bonds is 5. The van der Waals surface area contributed by atoms with Gasteiger partial charge in [-0.25, -0.2) is 9.97 Å². The quantitative estimate of drug-likeness (QED) is 0.836. The Kier molecular flexibility index (Phi) is 5.31. The second kappa shape index (κ2) is 8.02. The number of benzene rings is 1. The lowest BCUT2D eigenvalue weighted by atomic mass is 9.93. The van der Waals surface area contributed by atoms with Crippen molar-refractivity contribution < 1.29 is 9.53 Å². The van der Waals surface area contributed by atoms with Gasteiger partial charge in [0.15, 0.2) is 0 Å². The van der Waals surface area contributed by atoms with Crippen molar-refractivity contribution in [1.29, 1.82) is 0 Å². The Morgan fingerprint density at radius 1 is 1.33 bits per heavy atom. The third kappa shape index (κ3) is 3.94.